The number of imidazole rings is 1. The number of pyridine rings is 1. The largest absolute Gasteiger partial charge is 0.453 e. The number of hydrogen-bond donors (Lipinski definition) is 1. The minimum absolute atomic E-state index is 0.0350. The molecule has 1 aliphatic heterocycles. The maximum absolute atomic E-state index is 15.0. The third-order valence-electron chi connectivity index (χ3n) is 6.21. The molecule has 0 radical (unpaired) electrons. The fraction of sp³-hybridized carbons (Fsp3) is 0.111. The molecular formula is C27H20F2N6O3S. The minimum atomic E-state index is -0.700. The van der Waals surface area contributed by atoms with Crippen LogP contribution in [0.4, 0.5) is 29.7 Å². The van der Waals surface area contributed by atoms with Crippen molar-refractivity contribution in [2.24, 2.45) is 7.05 Å². The van der Waals surface area contributed by atoms with Gasteiger partial charge in [-0.15, -0.1) is 11.3 Å². The fourth-order valence-corrected chi connectivity index (χ4v) is 5.37. The summed E-state index contributed by atoms with van der Waals surface area (Å²) in [4.78, 5) is 37.5. The number of benzene rings is 2. The molecule has 1 N–H and O–H groups in total. The van der Waals surface area contributed by atoms with Crippen LogP contribution in [0.25, 0.3) is 20.9 Å². The van der Waals surface area contributed by atoms with Crippen molar-refractivity contribution in [2.75, 3.05) is 23.3 Å². The number of ether oxygens (including phenoxy) is 1. The van der Waals surface area contributed by atoms with Gasteiger partial charge >= 0.3 is 12.1 Å². The number of anilines is 2. The van der Waals surface area contributed by atoms with E-state index in [1.54, 1.807) is 18.5 Å². The lowest BCUT2D eigenvalue weighted by atomic mass is 10.3. The number of amides is 4. The molecule has 5 aromatic rings. The number of halogens is 2. The Morgan fingerprint density at radius 2 is 1.82 bits per heavy atom. The number of aryl methyl sites for hydroxylation is 1. The van der Waals surface area contributed by atoms with Gasteiger partial charge in [0, 0.05) is 55.7 Å². The summed E-state index contributed by atoms with van der Waals surface area (Å²) in [5.74, 6) is 0.0658. The van der Waals surface area contributed by atoms with Crippen LogP contribution in [-0.4, -0.2) is 44.6 Å². The smallest absolute Gasteiger partial charge is 0.332 e. The van der Waals surface area contributed by atoms with Crippen LogP contribution in [0.3, 0.4) is 0 Å². The van der Waals surface area contributed by atoms with Crippen LogP contribution < -0.4 is 15.0 Å². The lowest BCUT2D eigenvalue weighted by Crippen LogP contribution is -2.39. The molecule has 0 spiro atoms. The van der Waals surface area contributed by atoms with E-state index in [1.165, 1.54) is 52.6 Å². The first-order valence-corrected chi connectivity index (χ1v) is 12.7. The van der Waals surface area contributed by atoms with E-state index in [0.717, 1.165) is 26.4 Å². The SMILES string of the molecule is Cn1ccnc1-c1cc2nccc(Oc3ccc(NC(=O)N4CCN(c5ccc(F)cc5)C4=O)cc3F)c2s1. The fourth-order valence-electron chi connectivity index (χ4n) is 4.27. The molecule has 0 atom stereocenters. The zero-order valence-corrected chi connectivity index (χ0v) is 21.3. The van der Waals surface area contributed by atoms with Crippen LogP contribution in [0.1, 0.15) is 0 Å². The van der Waals surface area contributed by atoms with Gasteiger partial charge in [-0.3, -0.25) is 9.88 Å². The Balaban J connectivity index is 1.16. The number of hydrogen-bond acceptors (Lipinski definition) is 6. The molecule has 1 fully saturated rings. The Bertz CT molecular complexity index is 1720. The van der Waals surface area contributed by atoms with Gasteiger partial charge in [-0.1, -0.05) is 0 Å². The summed E-state index contributed by atoms with van der Waals surface area (Å²) in [7, 11) is 1.90. The third kappa shape index (κ3) is 4.66. The van der Waals surface area contributed by atoms with E-state index in [-0.39, 0.29) is 24.5 Å². The van der Waals surface area contributed by atoms with Gasteiger partial charge in [-0.25, -0.2) is 28.3 Å². The topological polar surface area (TPSA) is 92.6 Å². The van der Waals surface area contributed by atoms with Gasteiger partial charge in [-0.05, 0) is 42.5 Å². The predicted molar refractivity (Wildman–Crippen MR) is 143 cm³/mol. The van der Waals surface area contributed by atoms with Gasteiger partial charge < -0.3 is 14.6 Å². The normalized spacial score (nSPS) is 13.4. The number of fused-ring (bicyclic) bond motifs is 1. The first kappa shape index (κ1) is 24.5. The second kappa shape index (κ2) is 9.80. The standard InChI is InChI=1S/C27H20F2N6O3S/c1-33-11-10-31-25(33)23-15-20-24(39-23)22(8-9-30-20)38-21-7-4-17(14-19(21)29)32-26(36)35-13-12-34(27(35)37)18-5-2-16(28)3-6-18/h2-11,14-15H,12-13H2,1H3,(H,32,36). The Morgan fingerprint density at radius 1 is 1.00 bits per heavy atom. The molecule has 0 unspecified atom stereocenters. The van der Waals surface area contributed by atoms with Gasteiger partial charge in [-0.2, -0.15) is 0 Å². The van der Waals surface area contributed by atoms with Crippen LogP contribution in [0, 0.1) is 11.6 Å². The van der Waals surface area contributed by atoms with Crippen LogP contribution in [0.2, 0.25) is 0 Å². The maximum Gasteiger partial charge on any atom is 0.332 e. The minimum Gasteiger partial charge on any atom is -0.453 e. The summed E-state index contributed by atoms with van der Waals surface area (Å²) in [5, 5.41) is 2.55. The number of carbonyl (C=O) groups is 2. The number of carbonyl (C=O) groups excluding carboxylic acids is 2. The molecule has 12 heteroatoms. The number of nitrogens with one attached hydrogen (secondary N) is 1. The van der Waals surface area contributed by atoms with Crippen molar-refractivity contribution >= 4 is 45.0 Å². The molecule has 1 saturated heterocycles. The number of thiophene rings is 1. The molecule has 4 heterocycles. The number of imide groups is 1. The summed E-state index contributed by atoms with van der Waals surface area (Å²) >= 11 is 1.44. The molecule has 2 aromatic carbocycles. The van der Waals surface area contributed by atoms with Crippen molar-refractivity contribution < 1.29 is 23.1 Å². The van der Waals surface area contributed by atoms with Gasteiger partial charge in [0.05, 0.1) is 21.6 Å². The molecular weight excluding hydrogens is 526 g/mol. The van der Waals surface area contributed by atoms with E-state index in [9.17, 15) is 14.0 Å². The van der Waals surface area contributed by atoms with Crippen LogP contribution >= 0.6 is 11.3 Å². The molecule has 4 amide bonds. The lowest BCUT2D eigenvalue weighted by molar-refractivity contribution is 0.209. The van der Waals surface area contributed by atoms with Gasteiger partial charge in [0.1, 0.15) is 17.4 Å². The van der Waals surface area contributed by atoms with Gasteiger partial charge in [0.2, 0.25) is 0 Å². The summed E-state index contributed by atoms with van der Waals surface area (Å²) in [6.07, 6.45) is 5.14. The molecule has 196 valence electrons. The maximum atomic E-state index is 15.0. The average molecular weight is 547 g/mol. The molecule has 0 aliphatic carbocycles. The second-order valence-corrected chi connectivity index (χ2v) is 9.79. The first-order valence-electron chi connectivity index (χ1n) is 11.9. The lowest BCUT2D eigenvalue weighted by Gasteiger charge is -2.18. The third-order valence-corrected chi connectivity index (χ3v) is 7.35. The van der Waals surface area contributed by atoms with Crippen molar-refractivity contribution in [3.8, 4) is 22.2 Å². The zero-order valence-electron chi connectivity index (χ0n) is 20.5. The Labute approximate surface area is 224 Å². The van der Waals surface area contributed by atoms with Crippen LogP contribution in [0.15, 0.2) is 73.2 Å². The van der Waals surface area contributed by atoms with E-state index < -0.39 is 23.7 Å². The summed E-state index contributed by atoms with van der Waals surface area (Å²) in [6, 6.07) is 11.7. The highest BCUT2D eigenvalue weighted by molar-refractivity contribution is 7.22. The second-order valence-electron chi connectivity index (χ2n) is 8.74. The average Bonchev–Trinajstić information content (AvgIpc) is 3.64. The number of urea groups is 2. The number of nitrogens with zero attached hydrogens (tertiary/aromatic N) is 5. The van der Waals surface area contributed by atoms with E-state index >= 15 is 4.39 Å². The van der Waals surface area contributed by atoms with Crippen molar-refractivity contribution in [3.05, 3.63) is 84.8 Å². The van der Waals surface area contributed by atoms with Gasteiger partial charge in [0.25, 0.3) is 0 Å². The molecule has 39 heavy (non-hydrogen) atoms. The Hall–Kier alpha value is -4.84. The van der Waals surface area contributed by atoms with E-state index in [0.29, 0.717) is 17.0 Å². The Morgan fingerprint density at radius 3 is 2.56 bits per heavy atom. The first-order chi connectivity index (χ1) is 18.9. The Kier molecular flexibility index (Phi) is 6.15. The van der Waals surface area contributed by atoms with Crippen LogP contribution in [0.5, 0.6) is 11.5 Å². The van der Waals surface area contributed by atoms with E-state index in [1.807, 2.05) is 23.9 Å². The predicted octanol–water partition coefficient (Wildman–Crippen LogP) is 6.24. The zero-order chi connectivity index (χ0) is 27.1. The number of aromatic nitrogens is 3. The van der Waals surface area contributed by atoms with E-state index in [4.69, 9.17) is 4.74 Å². The van der Waals surface area contributed by atoms with Crippen molar-refractivity contribution in [3.63, 3.8) is 0 Å². The molecule has 3 aromatic heterocycles. The van der Waals surface area contributed by atoms with Gasteiger partial charge in [0.15, 0.2) is 11.6 Å². The molecule has 0 bridgehead atoms. The van der Waals surface area contributed by atoms with E-state index in [2.05, 4.69) is 15.3 Å². The quantitative estimate of drug-likeness (QED) is 0.282. The highest BCUT2D eigenvalue weighted by atomic mass is 32.1. The summed E-state index contributed by atoms with van der Waals surface area (Å²) < 4.78 is 36.8. The van der Waals surface area contributed by atoms with Crippen molar-refractivity contribution in [1.29, 1.82) is 0 Å². The highest BCUT2D eigenvalue weighted by Crippen LogP contribution is 2.39. The summed E-state index contributed by atoms with van der Waals surface area (Å²) in [6.45, 7) is 0.384. The number of rotatable bonds is 5. The monoisotopic (exact) mass is 546 g/mol. The van der Waals surface area contributed by atoms with Crippen LogP contribution in [-0.2, 0) is 7.05 Å². The van der Waals surface area contributed by atoms with Crippen molar-refractivity contribution in [1.82, 2.24) is 19.4 Å². The highest BCUT2D eigenvalue weighted by Gasteiger charge is 2.34. The molecule has 0 saturated carbocycles. The molecule has 9 nitrogen and oxygen atoms in total. The summed E-state index contributed by atoms with van der Waals surface area (Å²) in [5.41, 5.74) is 1.34. The van der Waals surface area contributed by atoms with Crippen molar-refractivity contribution in [2.45, 2.75) is 0 Å². The molecule has 6 rings (SSSR count). The molecule has 1 aliphatic rings.